The molecule has 4 aliphatic rings. The van der Waals surface area contributed by atoms with Crippen LogP contribution in [0.5, 0.6) is 0 Å². The van der Waals surface area contributed by atoms with Crippen molar-refractivity contribution in [3.63, 3.8) is 0 Å². The van der Waals surface area contributed by atoms with Crippen LogP contribution in [-0.4, -0.2) is 0 Å². The molecular weight excluding hydrogens is 360 g/mol. The molecular formula is C30H36. The van der Waals surface area contributed by atoms with Crippen LogP contribution in [0.2, 0.25) is 0 Å². The topological polar surface area (TPSA) is 0 Å². The second-order valence-electron chi connectivity index (χ2n) is 9.80. The Bertz CT molecular complexity index is 933. The molecule has 0 bridgehead atoms. The van der Waals surface area contributed by atoms with Gasteiger partial charge in [-0.15, -0.1) is 0 Å². The van der Waals surface area contributed by atoms with Gasteiger partial charge in [-0.3, -0.25) is 0 Å². The highest BCUT2D eigenvalue weighted by Gasteiger charge is 2.22. The van der Waals surface area contributed by atoms with Gasteiger partial charge in [0.15, 0.2) is 0 Å². The van der Waals surface area contributed by atoms with Crippen molar-refractivity contribution in [2.24, 2.45) is 23.7 Å². The molecule has 0 fully saturated rings. The average molecular weight is 397 g/mol. The Labute approximate surface area is 183 Å². The van der Waals surface area contributed by atoms with E-state index in [-0.39, 0.29) is 0 Å². The molecule has 0 aliphatic heterocycles. The van der Waals surface area contributed by atoms with Crippen molar-refractivity contribution in [1.82, 2.24) is 0 Å². The second kappa shape index (κ2) is 9.21. The maximum Gasteiger partial charge on any atom is 0.0266 e. The van der Waals surface area contributed by atoms with E-state index in [4.69, 9.17) is 0 Å². The lowest BCUT2D eigenvalue weighted by Gasteiger charge is -2.26. The molecule has 0 heterocycles. The quantitative estimate of drug-likeness (QED) is 0.386. The molecule has 0 saturated heterocycles. The van der Waals surface area contributed by atoms with Gasteiger partial charge in [-0.25, -0.2) is 0 Å². The largest absolute Gasteiger partial charge is 0.0949 e. The van der Waals surface area contributed by atoms with Crippen molar-refractivity contribution in [2.45, 2.75) is 52.9 Å². The highest BCUT2D eigenvalue weighted by atomic mass is 14.3. The first kappa shape index (κ1) is 20.9. The molecule has 156 valence electrons. The summed E-state index contributed by atoms with van der Waals surface area (Å²) in [5.74, 6) is 2.24. The van der Waals surface area contributed by atoms with Gasteiger partial charge >= 0.3 is 0 Å². The molecule has 3 atom stereocenters. The zero-order valence-electron chi connectivity index (χ0n) is 18.9. The lowest BCUT2D eigenvalue weighted by molar-refractivity contribution is 0.556. The summed E-state index contributed by atoms with van der Waals surface area (Å²) < 4.78 is 0. The SMILES string of the molecule is C=C1C=C(C(C)CCC2=CC3C=C(CCCC(C)C)C=CC3=C2)C=C2C=CC=CC12. The summed E-state index contributed by atoms with van der Waals surface area (Å²) in [6.07, 6.45) is 31.7. The molecule has 0 spiro atoms. The van der Waals surface area contributed by atoms with Gasteiger partial charge in [-0.1, -0.05) is 112 Å². The van der Waals surface area contributed by atoms with E-state index in [0.717, 1.165) is 12.3 Å². The highest BCUT2D eigenvalue weighted by Crippen LogP contribution is 2.37. The Balaban J connectivity index is 1.33. The van der Waals surface area contributed by atoms with E-state index < -0.39 is 0 Å². The Hall–Kier alpha value is -2.34. The van der Waals surface area contributed by atoms with Crippen molar-refractivity contribution in [1.29, 1.82) is 0 Å². The molecule has 0 radical (unpaired) electrons. The highest BCUT2D eigenvalue weighted by molar-refractivity contribution is 5.52. The third-order valence-electron chi connectivity index (χ3n) is 6.84. The van der Waals surface area contributed by atoms with Crippen LogP contribution in [0.3, 0.4) is 0 Å². The van der Waals surface area contributed by atoms with Crippen LogP contribution >= 0.6 is 0 Å². The van der Waals surface area contributed by atoms with Gasteiger partial charge < -0.3 is 0 Å². The zero-order chi connectivity index (χ0) is 21.1. The Morgan fingerprint density at radius 1 is 0.833 bits per heavy atom. The molecule has 0 heteroatoms. The van der Waals surface area contributed by atoms with Gasteiger partial charge in [0.1, 0.15) is 0 Å². The van der Waals surface area contributed by atoms with Crippen molar-refractivity contribution in [2.75, 3.05) is 0 Å². The van der Waals surface area contributed by atoms with Crippen LogP contribution in [0.15, 0.2) is 107 Å². The lowest BCUT2D eigenvalue weighted by atomic mass is 9.79. The van der Waals surface area contributed by atoms with Crippen LogP contribution in [0.25, 0.3) is 0 Å². The molecule has 0 nitrogen and oxygen atoms in total. The van der Waals surface area contributed by atoms with Crippen LogP contribution in [0, 0.1) is 23.7 Å². The molecule has 3 unspecified atom stereocenters. The summed E-state index contributed by atoms with van der Waals surface area (Å²) in [5, 5.41) is 0. The first-order valence-corrected chi connectivity index (χ1v) is 11.8. The van der Waals surface area contributed by atoms with E-state index in [1.807, 2.05) is 0 Å². The van der Waals surface area contributed by atoms with E-state index in [9.17, 15) is 0 Å². The Morgan fingerprint density at radius 2 is 1.67 bits per heavy atom. The summed E-state index contributed by atoms with van der Waals surface area (Å²) in [5.41, 5.74) is 8.54. The predicted octanol–water partition coefficient (Wildman–Crippen LogP) is 8.37. The average Bonchev–Trinajstić information content (AvgIpc) is 3.14. The normalized spacial score (nSPS) is 25.3. The fourth-order valence-electron chi connectivity index (χ4n) is 4.92. The van der Waals surface area contributed by atoms with Gasteiger partial charge in [0.2, 0.25) is 0 Å². The van der Waals surface area contributed by atoms with Gasteiger partial charge in [-0.05, 0) is 59.8 Å². The second-order valence-corrected chi connectivity index (χ2v) is 9.80. The zero-order valence-corrected chi connectivity index (χ0v) is 18.9. The number of allylic oxidation sites excluding steroid dienone is 17. The van der Waals surface area contributed by atoms with Crippen LogP contribution in [0.1, 0.15) is 52.9 Å². The first-order chi connectivity index (χ1) is 14.5. The minimum Gasteiger partial charge on any atom is -0.0949 e. The van der Waals surface area contributed by atoms with E-state index in [0.29, 0.717) is 17.8 Å². The standard InChI is InChI=1S/C30H36/c1-21(2)8-7-9-24-14-15-26-18-25(19-29(26)17-24)13-12-22(3)28-16-23(4)30-11-6-5-10-27(30)20-28/h5-6,10-11,14-22,29-30H,4,7-9,12-13H2,1-3H3. The van der Waals surface area contributed by atoms with E-state index in [1.54, 1.807) is 0 Å². The fourth-order valence-corrected chi connectivity index (χ4v) is 4.92. The molecule has 0 aromatic rings. The lowest BCUT2D eigenvalue weighted by Crippen LogP contribution is -2.11. The summed E-state index contributed by atoms with van der Waals surface area (Å²) in [4.78, 5) is 0. The Morgan fingerprint density at radius 3 is 2.50 bits per heavy atom. The van der Waals surface area contributed by atoms with E-state index in [1.165, 1.54) is 59.1 Å². The van der Waals surface area contributed by atoms with Gasteiger partial charge in [-0.2, -0.15) is 0 Å². The van der Waals surface area contributed by atoms with Crippen molar-refractivity contribution >= 4 is 0 Å². The van der Waals surface area contributed by atoms with E-state index >= 15 is 0 Å². The molecule has 0 aromatic carbocycles. The molecule has 0 aromatic heterocycles. The third-order valence-corrected chi connectivity index (χ3v) is 6.84. The molecule has 4 aliphatic carbocycles. The van der Waals surface area contributed by atoms with Crippen molar-refractivity contribution < 1.29 is 0 Å². The van der Waals surface area contributed by atoms with Crippen molar-refractivity contribution in [3.8, 4) is 0 Å². The summed E-state index contributed by atoms with van der Waals surface area (Å²) in [6, 6.07) is 0. The molecule has 30 heavy (non-hydrogen) atoms. The van der Waals surface area contributed by atoms with Gasteiger partial charge in [0.05, 0.1) is 0 Å². The number of hydrogen-bond acceptors (Lipinski definition) is 0. The summed E-state index contributed by atoms with van der Waals surface area (Å²) in [6.45, 7) is 11.3. The monoisotopic (exact) mass is 396 g/mol. The minimum absolute atomic E-state index is 0.379. The predicted molar refractivity (Wildman–Crippen MR) is 131 cm³/mol. The smallest absolute Gasteiger partial charge is 0.0266 e. The van der Waals surface area contributed by atoms with Gasteiger partial charge in [0, 0.05) is 11.8 Å². The molecule has 0 N–H and O–H groups in total. The van der Waals surface area contributed by atoms with Crippen LogP contribution in [0.4, 0.5) is 0 Å². The summed E-state index contributed by atoms with van der Waals surface area (Å²) >= 11 is 0. The van der Waals surface area contributed by atoms with Crippen LogP contribution in [-0.2, 0) is 0 Å². The molecule has 0 saturated carbocycles. The number of rotatable bonds is 8. The van der Waals surface area contributed by atoms with Gasteiger partial charge in [0.25, 0.3) is 0 Å². The third kappa shape index (κ3) is 4.86. The fraction of sp³-hybridized carbons (Fsp3) is 0.400. The maximum atomic E-state index is 4.32. The van der Waals surface area contributed by atoms with Crippen molar-refractivity contribution in [3.05, 3.63) is 107 Å². The number of fused-ring (bicyclic) bond motifs is 2. The first-order valence-electron chi connectivity index (χ1n) is 11.8. The van der Waals surface area contributed by atoms with Crippen LogP contribution < -0.4 is 0 Å². The van der Waals surface area contributed by atoms with E-state index in [2.05, 4.69) is 94.2 Å². The molecule has 4 rings (SSSR count). The number of hydrogen-bond donors (Lipinski definition) is 0. The Kier molecular flexibility index (Phi) is 6.42. The minimum atomic E-state index is 0.379. The summed E-state index contributed by atoms with van der Waals surface area (Å²) in [7, 11) is 0. The maximum absolute atomic E-state index is 4.32. The molecule has 0 amide bonds.